The minimum absolute atomic E-state index is 0.560. The van der Waals surface area contributed by atoms with Gasteiger partial charge in [-0.15, -0.1) is 11.8 Å². The molecule has 0 bridgehead atoms. The summed E-state index contributed by atoms with van der Waals surface area (Å²) in [5.41, 5.74) is 1.24. The van der Waals surface area contributed by atoms with E-state index in [-0.39, 0.29) is 0 Å². The highest BCUT2D eigenvalue weighted by Crippen LogP contribution is 2.22. The minimum atomic E-state index is 0.560. The fraction of sp³-hybridized carbons (Fsp3) is 0.333. The van der Waals surface area contributed by atoms with E-state index in [2.05, 4.69) is 45.2 Å². The van der Waals surface area contributed by atoms with Crippen LogP contribution in [0.1, 0.15) is 5.56 Å². The van der Waals surface area contributed by atoms with Crippen LogP contribution >= 0.6 is 27.7 Å². The van der Waals surface area contributed by atoms with E-state index in [0.717, 1.165) is 10.9 Å². The second kappa shape index (κ2) is 5.65. The van der Waals surface area contributed by atoms with Crippen molar-refractivity contribution in [1.82, 2.24) is 0 Å². The molecule has 0 amide bonds. The van der Waals surface area contributed by atoms with Crippen LogP contribution in [0.5, 0.6) is 0 Å². The maximum atomic E-state index is 4.97. The molecular formula is C9H12BrNOS. The lowest BCUT2D eigenvalue weighted by atomic mass is 10.2. The largest absolute Gasteiger partial charge is 0.304 e. The maximum Gasteiger partial charge on any atom is 0.0719 e. The number of hydrogen-bond donors (Lipinski definition) is 1. The molecule has 0 unspecified atom stereocenters. The third kappa shape index (κ3) is 3.68. The van der Waals surface area contributed by atoms with E-state index in [1.165, 1.54) is 10.5 Å². The van der Waals surface area contributed by atoms with E-state index >= 15 is 0 Å². The van der Waals surface area contributed by atoms with Gasteiger partial charge in [-0.2, -0.15) is 0 Å². The van der Waals surface area contributed by atoms with Gasteiger partial charge in [-0.3, -0.25) is 0 Å². The first-order valence-electron chi connectivity index (χ1n) is 3.91. The molecule has 2 nitrogen and oxygen atoms in total. The molecule has 0 atom stereocenters. The molecule has 72 valence electrons. The standard InChI is InChI=1S/C9H12BrNOS/c1-13-9-5-7(2-3-12-11)4-8(10)6-9/h4-6H,2-3,11H2,1H3. The lowest BCUT2D eigenvalue weighted by molar-refractivity contribution is 0.141. The van der Waals surface area contributed by atoms with Gasteiger partial charge in [0.05, 0.1) is 6.61 Å². The van der Waals surface area contributed by atoms with Gasteiger partial charge in [0.2, 0.25) is 0 Å². The van der Waals surface area contributed by atoms with Crippen molar-refractivity contribution in [3.63, 3.8) is 0 Å². The fourth-order valence-corrected chi connectivity index (χ4v) is 2.27. The van der Waals surface area contributed by atoms with E-state index in [4.69, 9.17) is 5.90 Å². The summed E-state index contributed by atoms with van der Waals surface area (Å²) in [5, 5.41) is 0. The molecular weight excluding hydrogens is 250 g/mol. The minimum Gasteiger partial charge on any atom is -0.304 e. The smallest absolute Gasteiger partial charge is 0.0719 e. The first-order valence-corrected chi connectivity index (χ1v) is 5.93. The molecule has 0 aromatic heterocycles. The molecule has 0 aliphatic carbocycles. The van der Waals surface area contributed by atoms with Gasteiger partial charge in [-0.05, 0) is 36.4 Å². The van der Waals surface area contributed by atoms with E-state index in [1.807, 2.05) is 0 Å². The van der Waals surface area contributed by atoms with Crippen LogP contribution in [0.2, 0.25) is 0 Å². The second-order valence-corrected chi connectivity index (χ2v) is 4.42. The molecule has 0 fully saturated rings. The van der Waals surface area contributed by atoms with Crippen LogP contribution in [0.4, 0.5) is 0 Å². The van der Waals surface area contributed by atoms with Crippen LogP contribution in [0.15, 0.2) is 27.6 Å². The molecule has 1 rings (SSSR count). The van der Waals surface area contributed by atoms with Crippen molar-refractivity contribution in [3.8, 4) is 0 Å². The summed E-state index contributed by atoms with van der Waals surface area (Å²) in [6.45, 7) is 0.560. The Balaban J connectivity index is 2.76. The van der Waals surface area contributed by atoms with Crippen molar-refractivity contribution in [2.24, 2.45) is 5.90 Å². The molecule has 1 aromatic carbocycles. The molecule has 0 aliphatic heterocycles. The summed E-state index contributed by atoms with van der Waals surface area (Å²) in [6, 6.07) is 6.32. The van der Waals surface area contributed by atoms with Crippen molar-refractivity contribution in [2.45, 2.75) is 11.3 Å². The van der Waals surface area contributed by atoms with Gasteiger partial charge in [0.1, 0.15) is 0 Å². The van der Waals surface area contributed by atoms with Gasteiger partial charge in [0.25, 0.3) is 0 Å². The normalized spacial score (nSPS) is 10.4. The number of thioether (sulfide) groups is 1. The first kappa shape index (κ1) is 11.0. The van der Waals surface area contributed by atoms with Crippen molar-refractivity contribution in [1.29, 1.82) is 0 Å². The van der Waals surface area contributed by atoms with Crippen LogP contribution in [-0.4, -0.2) is 12.9 Å². The van der Waals surface area contributed by atoms with E-state index in [0.29, 0.717) is 6.61 Å². The zero-order valence-electron chi connectivity index (χ0n) is 7.42. The van der Waals surface area contributed by atoms with E-state index in [1.54, 1.807) is 11.8 Å². The number of rotatable bonds is 4. The second-order valence-electron chi connectivity index (χ2n) is 2.62. The predicted molar refractivity (Wildman–Crippen MR) is 59.8 cm³/mol. The predicted octanol–water partition coefficient (Wildman–Crippen LogP) is 2.60. The summed E-state index contributed by atoms with van der Waals surface area (Å²) in [6.07, 6.45) is 2.91. The highest BCUT2D eigenvalue weighted by atomic mass is 79.9. The Labute approximate surface area is 90.9 Å². The fourth-order valence-electron chi connectivity index (χ4n) is 1.06. The average molecular weight is 262 g/mol. The lowest BCUT2D eigenvalue weighted by Crippen LogP contribution is -2.03. The molecule has 4 heteroatoms. The van der Waals surface area contributed by atoms with Gasteiger partial charge in [0, 0.05) is 9.37 Å². The average Bonchev–Trinajstić information content (AvgIpc) is 2.14. The Morgan fingerprint density at radius 2 is 2.23 bits per heavy atom. The van der Waals surface area contributed by atoms with Crippen molar-refractivity contribution < 1.29 is 4.84 Å². The van der Waals surface area contributed by atoms with Crippen LogP contribution in [0, 0.1) is 0 Å². The Morgan fingerprint density at radius 3 is 2.85 bits per heavy atom. The van der Waals surface area contributed by atoms with Crippen molar-refractivity contribution in [3.05, 3.63) is 28.2 Å². The van der Waals surface area contributed by atoms with E-state index in [9.17, 15) is 0 Å². The molecule has 1 aromatic rings. The molecule has 0 saturated carbocycles. The maximum absolute atomic E-state index is 4.97. The van der Waals surface area contributed by atoms with Crippen LogP contribution < -0.4 is 5.90 Å². The van der Waals surface area contributed by atoms with Gasteiger partial charge in [-0.25, -0.2) is 5.90 Å². The zero-order valence-corrected chi connectivity index (χ0v) is 9.82. The van der Waals surface area contributed by atoms with Gasteiger partial charge < -0.3 is 4.84 Å². The van der Waals surface area contributed by atoms with Gasteiger partial charge in [-0.1, -0.05) is 15.9 Å². The number of hydrogen-bond acceptors (Lipinski definition) is 3. The molecule has 13 heavy (non-hydrogen) atoms. The summed E-state index contributed by atoms with van der Waals surface area (Å²) < 4.78 is 1.10. The van der Waals surface area contributed by atoms with Crippen molar-refractivity contribution >= 4 is 27.7 Å². The number of benzene rings is 1. The highest BCUT2D eigenvalue weighted by Gasteiger charge is 1.98. The Kier molecular flexibility index (Phi) is 4.80. The monoisotopic (exact) mass is 261 g/mol. The Morgan fingerprint density at radius 1 is 1.46 bits per heavy atom. The molecule has 0 spiro atoms. The molecule has 0 saturated heterocycles. The summed E-state index contributed by atoms with van der Waals surface area (Å²) in [7, 11) is 0. The van der Waals surface area contributed by atoms with E-state index < -0.39 is 0 Å². The van der Waals surface area contributed by atoms with Gasteiger partial charge >= 0.3 is 0 Å². The molecule has 2 N–H and O–H groups in total. The Hall–Kier alpha value is -0.0300. The topological polar surface area (TPSA) is 35.2 Å². The number of halogens is 1. The quantitative estimate of drug-likeness (QED) is 0.669. The highest BCUT2D eigenvalue weighted by molar-refractivity contribution is 9.10. The van der Waals surface area contributed by atoms with Crippen LogP contribution in [0.25, 0.3) is 0 Å². The summed E-state index contributed by atoms with van der Waals surface area (Å²) >= 11 is 5.19. The van der Waals surface area contributed by atoms with Gasteiger partial charge in [0.15, 0.2) is 0 Å². The van der Waals surface area contributed by atoms with Crippen LogP contribution in [0.3, 0.4) is 0 Å². The summed E-state index contributed by atoms with van der Waals surface area (Å²) in [5.74, 6) is 4.97. The zero-order chi connectivity index (χ0) is 9.68. The SMILES string of the molecule is CSc1cc(Br)cc(CCON)c1. The molecule has 0 aliphatic rings. The third-order valence-corrected chi connectivity index (χ3v) is 2.84. The molecule has 0 radical (unpaired) electrons. The third-order valence-electron chi connectivity index (χ3n) is 1.68. The Bertz CT molecular complexity index is 280. The van der Waals surface area contributed by atoms with Crippen LogP contribution in [-0.2, 0) is 11.3 Å². The molecule has 0 heterocycles. The lowest BCUT2D eigenvalue weighted by Gasteiger charge is -2.03. The first-order chi connectivity index (χ1) is 6.26. The number of nitrogens with two attached hydrogens (primary N) is 1. The van der Waals surface area contributed by atoms with Crippen molar-refractivity contribution in [2.75, 3.05) is 12.9 Å². The summed E-state index contributed by atoms with van der Waals surface area (Å²) in [4.78, 5) is 5.79.